The summed E-state index contributed by atoms with van der Waals surface area (Å²) in [4.78, 5) is 0. The predicted molar refractivity (Wildman–Crippen MR) is 38.6 cm³/mol. The third-order valence-electron chi connectivity index (χ3n) is 1.02. The molecule has 0 aromatic rings. The molecule has 1 radical (unpaired) electrons. The van der Waals surface area contributed by atoms with Crippen LogP contribution in [-0.4, -0.2) is 0 Å². The van der Waals surface area contributed by atoms with Crippen molar-refractivity contribution in [2.75, 3.05) is 0 Å². The summed E-state index contributed by atoms with van der Waals surface area (Å²) in [5.74, 6) is 0. The van der Waals surface area contributed by atoms with Crippen molar-refractivity contribution >= 4 is 0 Å². The van der Waals surface area contributed by atoms with Gasteiger partial charge in [0.2, 0.25) is 0 Å². The Morgan fingerprint density at radius 1 is 1.33 bits per heavy atom. The molecule has 0 amide bonds. The van der Waals surface area contributed by atoms with Crippen LogP contribution in [0.3, 0.4) is 0 Å². The van der Waals surface area contributed by atoms with Gasteiger partial charge in [0.05, 0.1) is 0 Å². The summed E-state index contributed by atoms with van der Waals surface area (Å²) in [6.07, 6.45) is 9.10. The minimum Gasteiger partial charge on any atom is -0.343 e. The van der Waals surface area contributed by atoms with Crippen molar-refractivity contribution in [3.8, 4) is 0 Å². The summed E-state index contributed by atoms with van der Waals surface area (Å²) in [6.45, 7) is 5.90. The second-order valence-corrected chi connectivity index (χ2v) is 1.88. The molecule has 0 heterocycles. The van der Waals surface area contributed by atoms with E-state index in [-0.39, 0.29) is 32.7 Å². The smallest absolute Gasteiger partial charge is 0 e. The fraction of sp³-hybridized carbons (Fsp3) is 0.625. The average Bonchev–Trinajstić information content (AvgIpc) is 1.81. The van der Waals surface area contributed by atoms with Crippen LogP contribution in [0.25, 0.3) is 0 Å². The Hall–Kier alpha value is 0.844. The van der Waals surface area contributed by atoms with E-state index >= 15 is 0 Å². The van der Waals surface area contributed by atoms with Gasteiger partial charge in [-0.1, -0.05) is 25.5 Å². The Morgan fingerprint density at radius 3 is 2.44 bits per heavy atom. The Balaban J connectivity index is 0. The SMILES string of the molecule is [CH2-]CCC/C=C\CC.[Y]. The zero-order chi connectivity index (χ0) is 6.24. The molecule has 0 rings (SSSR count). The molecule has 0 aliphatic heterocycles. The first-order valence-corrected chi connectivity index (χ1v) is 3.36. The minimum absolute atomic E-state index is 0. The summed E-state index contributed by atoms with van der Waals surface area (Å²) in [5, 5.41) is 0. The van der Waals surface area contributed by atoms with Gasteiger partial charge in [0.15, 0.2) is 0 Å². The van der Waals surface area contributed by atoms with Crippen molar-refractivity contribution in [3.05, 3.63) is 19.1 Å². The molecule has 0 aliphatic carbocycles. The van der Waals surface area contributed by atoms with Gasteiger partial charge in [0.1, 0.15) is 0 Å². The van der Waals surface area contributed by atoms with Gasteiger partial charge in [-0.05, 0) is 12.8 Å². The van der Waals surface area contributed by atoms with Gasteiger partial charge in [-0.2, -0.15) is 6.42 Å². The zero-order valence-corrected chi connectivity index (χ0v) is 9.11. The Bertz CT molecular complexity index is 57.6. The molecule has 9 heavy (non-hydrogen) atoms. The molecule has 0 fully saturated rings. The molecule has 0 unspecified atom stereocenters. The molecular weight excluding hydrogens is 185 g/mol. The molecule has 1 heteroatoms. The van der Waals surface area contributed by atoms with Gasteiger partial charge in [-0.3, -0.25) is 0 Å². The standard InChI is InChI=1S/C8H15.Y/c1-3-5-7-8-6-4-2;/h6,8H,1,3-5,7H2,2H3;/q-1;/b8-6-;. The molecule has 0 atom stereocenters. The summed E-state index contributed by atoms with van der Waals surface area (Å²) < 4.78 is 0. The molecule has 0 spiro atoms. The molecule has 0 aromatic heterocycles. The largest absolute Gasteiger partial charge is 0.343 e. The second kappa shape index (κ2) is 11.6. The van der Waals surface area contributed by atoms with E-state index in [1.54, 1.807) is 0 Å². The summed E-state index contributed by atoms with van der Waals surface area (Å²) in [7, 11) is 0. The predicted octanol–water partition coefficient (Wildman–Crippen LogP) is 2.95. The third kappa shape index (κ3) is 12.1. The van der Waals surface area contributed by atoms with E-state index in [0.29, 0.717) is 0 Å². The first kappa shape index (κ1) is 12.5. The van der Waals surface area contributed by atoms with E-state index in [1.807, 2.05) is 0 Å². The van der Waals surface area contributed by atoms with Crippen LogP contribution in [-0.2, 0) is 32.7 Å². The van der Waals surface area contributed by atoms with E-state index < -0.39 is 0 Å². The molecule has 0 nitrogen and oxygen atoms in total. The monoisotopic (exact) mass is 200 g/mol. The van der Waals surface area contributed by atoms with Crippen molar-refractivity contribution in [1.82, 2.24) is 0 Å². The Labute approximate surface area is 84.0 Å². The fourth-order valence-electron chi connectivity index (χ4n) is 0.547. The van der Waals surface area contributed by atoms with Gasteiger partial charge in [0.25, 0.3) is 0 Å². The first-order chi connectivity index (χ1) is 3.91. The minimum atomic E-state index is 0. The van der Waals surface area contributed by atoms with Crippen LogP contribution in [0.5, 0.6) is 0 Å². The average molecular weight is 200 g/mol. The maximum absolute atomic E-state index is 3.75. The summed E-state index contributed by atoms with van der Waals surface area (Å²) in [5.41, 5.74) is 0. The Kier molecular flexibility index (Phi) is 16.2. The van der Waals surface area contributed by atoms with Crippen molar-refractivity contribution in [1.29, 1.82) is 0 Å². The second-order valence-electron chi connectivity index (χ2n) is 1.88. The van der Waals surface area contributed by atoms with E-state index in [9.17, 15) is 0 Å². The molecule has 0 saturated heterocycles. The first-order valence-electron chi connectivity index (χ1n) is 3.36. The van der Waals surface area contributed by atoms with Crippen LogP contribution in [0.1, 0.15) is 32.6 Å². The maximum atomic E-state index is 3.75. The van der Waals surface area contributed by atoms with Gasteiger partial charge < -0.3 is 6.92 Å². The van der Waals surface area contributed by atoms with Crippen LogP contribution in [0.15, 0.2) is 12.2 Å². The topological polar surface area (TPSA) is 0 Å². The molecule has 0 N–H and O–H groups in total. The number of hydrogen-bond donors (Lipinski definition) is 0. The van der Waals surface area contributed by atoms with Crippen LogP contribution in [0, 0.1) is 6.92 Å². The molecule has 0 saturated carbocycles. The molecular formula is C8H15Y-. The number of allylic oxidation sites excluding steroid dienone is 2. The maximum Gasteiger partial charge on any atom is 0 e. The van der Waals surface area contributed by atoms with Gasteiger partial charge in [-0.25, -0.2) is 0 Å². The van der Waals surface area contributed by atoms with Crippen LogP contribution >= 0.6 is 0 Å². The normalized spacial score (nSPS) is 9.56. The van der Waals surface area contributed by atoms with E-state index in [2.05, 4.69) is 26.0 Å². The van der Waals surface area contributed by atoms with Crippen LogP contribution in [0.4, 0.5) is 0 Å². The van der Waals surface area contributed by atoms with Crippen LogP contribution in [0.2, 0.25) is 0 Å². The van der Waals surface area contributed by atoms with E-state index in [1.165, 1.54) is 12.8 Å². The quantitative estimate of drug-likeness (QED) is 0.372. The van der Waals surface area contributed by atoms with Crippen molar-refractivity contribution in [2.24, 2.45) is 0 Å². The summed E-state index contributed by atoms with van der Waals surface area (Å²) in [6, 6.07) is 0. The van der Waals surface area contributed by atoms with Crippen molar-refractivity contribution in [2.45, 2.75) is 32.6 Å². The summed E-state index contributed by atoms with van der Waals surface area (Å²) >= 11 is 0. The number of rotatable bonds is 4. The van der Waals surface area contributed by atoms with E-state index in [4.69, 9.17) is 0 Å². The van der Waals surface area contributed by atoms with Crippen molar-refractivity contribution < 1.29 is 32.7 Å². The zero-order valence-electron chi connectivity index (χ0n) is 6.27. The van der Waals surface area contributed by atoms with Gasteiger partial charge >= 0.3 is 0 Å². The Morgan fingerprint density at radius 2 is 2.00 bits per heavy atom. The third-order valence-corrected chi connectivity index (χ3v) is 1.02. The van der Waals surface area contributed by atoms with Crippen LogP contribution < -0.4 is 0 Å². The molecule has 0 aliphatic rings. The van der Waals surface area contributed by atoms with Gasteiger partial charge in [0, 0.05) is 32.7 Å². The number of unbranched alkanes of at least 4 members (excludes halogenated alkanes) is 2. The molecule has 0 aromatic carbocycles. The molecule has 0 bridgehead atoms. The molecule has 51 valence electrons. The fourth-order valence-corrected chi connectivity index (χ4v) is 0.547. The van der Waals surface area contributed by atoms with Crippen molar-refractivity contribution in [3.63, 3.8) is 0 Å². The van der Waals surface area contributed by atoms with Gasteiger partial charge in [-0.15, -0.1) is 0 Å². The number of hydrogen-bond acceptors (Lipinski definition) is 0. The van der Waals surface area contributed by atoms with E-state index in [0.717, 1.165) is 12.8 Å².